The van der Waals surface area contributed by atoms with Crippen molar-refractivity contribution >= 4 is 5.97 Å². The van der Waals surface area contributed by atoms with Crippen LogP contribution in [-0.4, -0.2) is 30.7 Å². The molecule has 4 N–H and O–H groups in total. The minimum absolute atomic E-state index is 0.0965. The number of hydrogen-bond acceptors (Lipinski definition) is 3. The van der Waals surface area contributed by atoms with Gasteiger partial charge in [0.1, 0.15) is 0 Å². The summed E-state index contributed by atoms with van der Waals surface area (Å²) in [6, 6.07) is 0. The molecule has 4 heteroatoms. The quantitative estimate of drug-likeness (QED) is 0.562. The Hall–Kier alpha value is -0.610. The molecule has 1 aliphatic carbocycles. The molecule has 14 heavy (non-hydrogen) atoms. The topological polar surface area (TPSA) is 75.3 Å². The van der Waals surface area contributed by atoms with Crippen LogP contribution in [0.4, 0.5) is 0 Å². The van der Waals surface area contributed by atoms with Crippen molar-refractivity contribution in [2.24, 2.45) is 17.6 Å². The number of rotatable bonds is 5. The molecule has 1 fully saturated rings. The molecule has 0 saturated heterocycles. The SMILES string of the molecule is NCCNCC1CCC(C(=O)O)CC1. The molecule has 0 aliphatic heterocycles. The summed E-state index contributed by atoms with van der Waals surface area (Å²) in [6.45, 7) is 2.52. The molecule has 0 bridgehead atoms. The molecule has 0 atom stereocenters. The van der Waals surface area contributed by atoms with Gasteiger partial charge in [0.15, 0.2) is 0 Å². The fraction of sp³-hybridized carbons (Fsp3) is 0.900. The van der Waals surface area contributed by atoms with Gasteiger partial charge < -0.3 is 16.2 Å². The van der Waals surface area contributed by atoms with E-state index in [-0.39, 0.29) is 5.92 Å². The predicted octanol–water partition coefficient (Wildman–Crippen LogP) is 0.426. The van der Waals surface area contributed by atoms with Crippen LogP contribution in [0.5, 0.6) is 0 Å². The molecular weight excluding hydrogens is 180 g/mol. The van der Waals surface area contributed by atoms with E-state index < -0.39 is 5.97 Å². The third-order valence-corrected chi connectivity index (χ3v) is 2.95. The lowest BCUT2D eigenvalue weighted by Gasteiger charge is -2.26. The Kier molecular flexibility index (Phi) is 4.90. The third kappa shape index (κ3) is 3.64. The van der Waals surface area contributed by atoms with Crippen LogP contribution >= 0.6 is 0 Å². The molecule has 0 spiro atoms. The lowest BCUT2D eigenvalue weighted by molar-refractivity contribution is -0.143. The van der Waals surface area contributed by atoms with Gasteiger partial charge in [0.2, 0.25) is 0 Å². The van der Waals surface area contributed by atoms with Crippen LogP contribution in [0.15, 0.2) is 0 Å². The van der Waals surface area contributed by atoms with E-state index in [0.29, 0.717) is 12.5 Å². The van der Waals surface area contributed by atoms with E-state index in [1.54, 1.807) is 0 Å². The van der Waals surface area contributed by atoms with E-state index in [2.05, 4.69) is 5.32 Å². The summed E-state index contributed by atoms with van der Waals surface area (Å²) in [7, 11) is 0. The van der Waals surface area contributed by atoms with Crippen LogP contribution in [0.1, 0.15) is 25.7 Å². The Morgan fingerprint density at radius 3 is 2.50 bits per heavy atom. The van der Waals surface area contributed by atoms with Crippen LogP contribution in [0.25, 0.3) is 0 Å². The monoisotopic (exact) mass is 200 g/mol. The molecule has 4 nitrogen and oxygen atoms in total. The molecule has 0 radical (unpaired) electrons. The average Bonchev–Trinajstić information content (AvgIpc) is 2.19. The van der Waals surface area contributed by atoms with E-state index in [9.17, 15) is 4.79 Å². The summed E-state index contributed by atoms with van der Waals surface area (Å²) < 4.78 is 0. The first-order chi connectivity index (χ1) is 6.74. The van der Waals surface area contributed by atoms with Crippen molar-refractivity contribution < 1.29 is 9.90 Å². The highest BCUT2D eigenvalue weighted by Crippen LogP contribution is 2.28. The Morgan fingerprint density at radius 2 is 2.00 bits per heavy atom. The van der Waals surface area contributed by atoms with Crippen molar-refractivity contribution in [1.29, 1.82) is 0 Å². The summed E-state index contributed by atoms with van der Waals surface area (Å²) >= 11 is 0. The van der Waals surface area contributed by atoms with Gasteiger partial charge in [-0.3, -0.25) is 4.79 Å². The molecule has 1 rings (SSSR count). The van der Waals surface area contributed by atoms with E-state index in [1.807, 2.05) is 0 Å². The van der Waals surface area contributed by atoms with Crippen LogP contribution in [0, 0.1) is 11.8 Å². The van der Waals surface area contributed by atoms with Gasteiger partial charge in [0.25, 0.3) is 0 Å². The van der Waals surface area contributed by atoms with Gasteiger partial charge in [-0.05, 0) is 38.1 Å². The van der Waals surface area contributed by atoms with Gasteiger partial charge in [-0.25, -0.2) is 0 Å². The molecule has 0 aromatic heterocycles. The molecule has 0 heterocycles. The van der Waals surface area contributed by atoms with Crippen molar-refractivity contribution in [2.75, 3.05) is 19.6 Å². The number of carbonyl (C=O) groups is 1. The van der Waals surface area contributed by atoms with Gasteiger partial charge in [-0.2, -0.15) is 0 Å². The number of nitrogens with two attached hydrogens (primary N) is 1. The lowest BCUT2D eigenvalue weighted by atomic mass is 9.82. The highest BCUT2D eigenvalue weighted by Gasteiger charge is 2.25. The van der Waals surface area contributed by atoms with Gasteiger partial charge in [0.05, 0.1) is 5.92 Å². The molecule has 1 aliphatic rings. The van der Waals surface area contributed by atoms with Crippen molar-refractivity contribution in [3.63, 3.8) is 0 Å². The van der Waals surface area contributed by atoms with E-state index >= 15 is 0 Å². The first kappa shape index (κ1) is 11.5. The third-order valence-electron chi connectivity index (χ3n) is 2.95. The number of nitrogens with one attached hydrogen (secondary N) is 1. The molecular formula is C10H20N2O2. The standard InChI is InChI=1S/C10H20N2O2/c11-5-6-12-7-8-1-3-9(4-2-8)10(13)14/h8-9,12H,1-7,11H2,(H,13,14). The van der Waals surface area contributed by atoms with Crippen molar-refractivity contribution in [1.82, 2.24) is 5.32 Å². The van der Waals surface area contributed by atoms with E-state index in [0.717, 1.165) is 38.8 Å². The number of aliphatic carboxylic acids is 1. The van der Waals surface area contributed by atoms with Gasteiger partial charge in [0, 0.05) is 13.1 Å². The first-order valence-corrected chi connectivity index (χ1v) is 5.37. The molecule has 0 unspecified atom stereocenters. The largest absolute Gasteiger partial charge is 0.481 e. The van der Waals surface area contributed by atoms with Gasteiger partial charge in [-0.1, -0.05) is 0 Å². The number of hydrogen-bond donors (Lipinski definition) is 3. The summed E-state index contributed by atoms with van der Waals surface area (Å²) in [6.07, 6.45) is 3.75. The zero-order valence-corrected chi connectivity index (χ0v) is 8.54. The minimum Gasteiger partial charge on any atom is -0.481 e. The Bertz CT molecular complexity index is 177. The summed E-state index contributed by atoms with van der Waals surface area (Å²) in [5.74, 6) is -0.0729. The summed E-state index contributed by atoms with van der Waals surface area (Å²) in [5.41, 5.74) is 5.37. The summed E-state index contributed by atoms with van der Waals surface area (Å²) in [5, 5.41) is 12.1. The summed E-state index contributed by atoms with van der Waals surface area (Å²) in [4.78, 5) is 10.7. The van der Waals surface area contributed by atoms with Crippen LogP contribution in [0.3, 0.4) is 0 Å². The maximum absolute atomic E-state index is 10.7. The molecule has 82 valence electrons. The zero-order chi connectivity index (χ0) is 10.4. The van der Waals surface area contributed by atoms with Crippen molar-refractivity contribution in [3.8, 4) is 0 Å². The van der Waals surface area contributed by atoms with Gasteiger partial charge in [-0.15, -0.1) is 0 Å². The first-order valence-electron chi connectivity index (χ1n) is 5.37. The van der Waals surface area contributed by atoms with Crippen molar-refractivity contribution in [3.05, 3.63) is 0 Å². The Labute approximate surface area is 84.9 Å². The molecule has 0 aromatic carbocycles. The van der Waals surface area contributed by atoms with Crippen LogP contribution in [0.2, 0.25) is 0 Å². The van der Waals surface area contributed by atoms with E-state index in [1.165, 1.54) is 0 Å². The van der Waals surface area contributed by atoms with Gasteiger partial charge >= 0.3 is 5.97 Å². The highest BCUT2D eigenvalue weighted by atomic mass is 16.4. The van der Waals surface area contributed by atoms with Crippen molar-refractivity contribution in [2.45, 2.75) is 25.7 Å². The zero-order valence-electron chi connectivity index (χ0n) is 8.54. The van der Waals surface area contributed by atoms with Crippen LogP contribution in [-0.2, 0) is 4.79 Å². The fourth-order valence-electron chi connectivity index (χ4n) is 2.02. The van der Waals surface area contributed by atoms with E-state index in [4.69, 9.17) is 10.8 Å². The molecule has 0 aromatic rings. The second-order valence-electron chi connectivity index (χ2n) is 4.05. The molecule has 1 saturated carbocycles. The second kappa shape index (κ2) is 5.98. The smallest absolute Gasteiger partial charge is 0.306 e. The molecule has 0 amide bonds. The highest BCUT2D eigenvalue weighted by molar-refractivity contribution is 5.69. The number of carboxylic acid groups (broad SMARTS) is 1. The Morgan fingerprint density at radius 1 is 1.36 bits per heavy atom. The average molecular weight is 200 g/mol. The normalized spacial score (nSPS) is 27.5. The number of carboxylic acids is 1. The predicted molar refractivity (Wildman–Crippen MR) is 55.0 cm³/mol. The maximum atomic E-state index is 10.7. The fourth-order valence-corrected chi connectivity index (χ4v) is 2.02. The van der Waals surface area contributed by atoms with Crippen LogP contribution < -0.4 is 11.1 Å². The second-order valence-corrected chi connectivity index (χ2v) is 4.05. The minimum atomic E-state index is -0.627. The Balaban J connectivity index is 2.12. The lowest BCUT2D eigenvalue weighted by Crippen LogP contribution is -2.31. The maximum Gasteiger partial charge on any atom is 0.306 e.